The van der Waals surface area contributed by atoms with Crippen molar-refractivity contribution >= 4 is 11.8 Å². The van der Waals surface area contributed by atoms with E-state index in [-0.39, 0.29) is 30.4 Å². The van der Waals surface area contributed by atoms with Crippen LogP contribution in [0, 0.1) is 0 Å². The topological polar surface area (TPSA) is 118 Å². The number of ether oxygens (including phenoxy) is 1. The van der Waals surface area contributed by atoms with Gasteiger partial charge in [-0.1, -0.05) is 30.3 Å². The lowest BCUT2D eigenvalue weighted by Gasteiger charge is -2.17. The smallest absolute Gasteiger partial charge is 0.257 e. The first-order valence-corrected chi connectivity index (χ1v) is 10.2. The summed E-state index contributed by atoms with van der Waals surface area (Å²) in [6.45, 7) is 3.36. The number of aromatic nitrogens is 5. The van der Waals surface area contributed by atoms with Gasteiger partial charge >= 0.3 is 0 Å². The van der Waals surface area contributed by atoms with Crippen LogP contribution in [0.15, 0.2) is 42.7 Å². The van der Waals surface area contributed by atoms with Gasteiger partial charge in [0.05, 0.1) is 23.7 Å². The van der Waals surface area contributed by atoms with E-state index in [4.69, 9.17) is 4.74 Å². The van der Waals surface area contributed by atoms with E-state index in [1.54, 1.807) is 22.0 Å². The number of carbonyl (C=O) groups excluding carboxylic acids is 2. The fraction of sp³-hybridized carbons (Fsp3) is 0.381. The molecule has 0 aliphatic carbocycles. The first-order chi connectivity index (χ1) is 15.1. The molecule has 1 aromatic carbocycles. The van der Waals surface area contributed by atoms with Gasteiger partial charge < -0.3 is 15.0 Å². The van der Waals surface area contributed by atoms with Crippen molar-refractivity contribution in [1.29, 1.82) is 0 Å². The van der Waals surface area contributed by atoms with Crippen LogP contribution in [0.1, 0.15) is 29.0 Å². The highest BCUT2D eigenvalue weighted by atomic mass is 16.5. The van der Waals surface area contributed by atoms with Gasteiger partial charge in [0.15, 0.2) is 5.82 Å². The number of amides is 2. The van der Waals surface area contributed by atoms with Gasteiger partial charge in [0, 0.05) is 38.5 Å². The number of nitrogens with one attached hydrogen (secondary N) is 2. The maximum Gasteiger partial charge on any atom is 0.257 e. The van der Waals surface area contributed by atoms with E-state index in [0.29, 0.717) is 36.8 Å². The first kappa shape index (κ1) is 20.7. The van der Waals surface area contributed by atoms with E-state index < -0.39 is 0 Å². The molecule has 31 heavy (non-hydrogen) atoms. The average Bonchev–Trinajstić information content (AvgIpc) is 3.53. The Kier molecular flexibility index (Phi) is 6.08. The van der Waals surface area contributed by atoms with Crippen molar-refractivity contribution in [3.05, 3.63) is 54.1 Å². The van der Waals surface area contributed by atoms with Crippen LogP contribution in [0.5, 0.6) is 0 Å². The third-order valence-corrected chi connectivity index (χ3v) is 5.32. The van der Waals surface area contributed by atoms with E-state index in [1.807, 2.05) is 37.3 Å². The molecule has 0 unspecified atom stereocenters. The fourth-order valence-corrected chi connectivity index (χ4v) is 3.76. The molecule has 4 rings (SSSR count). The second-order valence-electron chi connectivity index (χ2n) is 7.42. The molecule has 1 aliphatic heterocycles. The third kappa shape index (κ3) is 4.48. The summed E-state index contributed by atoms with van der Waals surface area (Å²) in [7, 11) is 1.47. The van der Waals surface area contributed by atoms with Gasteiger partial charge in [0.25, 0.3) is 5.91 Å². The van der Waals surface area contributed by atoms with E-state index >= 15 is 0 Å². The van der Waals surface area contributed by atoms with Crippen LogP contribution in [0.25, 0.3) is 11.4 Å². The maximum atomic E-state index is 13.0. The Labute approximate surface area is 179 Å². The largest absolute Gasteiger partial charge is 0.375 e. The van der Waals surface area contributed by atoms with Crippen LogP contribution in [-0.2, 0) is 16.1 Å². The zero-order valence-corrected chi connectivity index (χ0v) is 17.5. The summed E-state index contributed by atoms with van der Waals surface area (Å²) in [5, 5.41) is 14.5. The molecular weight excluding hydrogens is 398 g/mol. The molecule has 1 aliphatic rings. The third-order valence-electron chi connectivity index (χ3n) is 5.32. The Morgan fingerprint density at radius 3 is 2.77 bits per heavy atom. The molecule has 3 heterocycles. The number of nitrogens with zero attached hydrogens (tertiary/aromatic N) is 5. The van der Waals surface area contributed by atoms with Crippen molar-refractivity contribution in [2.45, 2.75) is 25.4 Å². The van der Waals surface area contributed by atoms with Gasteiger partial charge in [-0.2, -0.15) is 10.2 Å². The van der Waals surface area contributed by atoms with E-state index in [9.17, 15) is 9.59 Å². The molecule has 10 heteroatoms. The van der Waals surface area contributed by atoms with E-state index in [0.717, 1.165) is 5.56 Å². The molecule has 2 aromatic heterocycles. The van der Waals surface area contributed by atoms with Gasteiger partial charge in [-0.05, 0) is 6.92 Å². The van der Waals surface area contributed by atoms with Crippen LogP contribution in [0.3, 0.4) is 0 Å². The SMILES string of the molecule is CCn1cc(C(=O)N2C[C@@H](NC(=O)COC)[C@H](c3nc(-c4ccccc4)n[nH]3)C2)cn1. The molecule has 162 valence electrons. The minimum absolute atomic E-state index is 0.0495. The zero-order chi connectivity index (χ0) is 21.8. The van der Waals surface area contributed by atoms with Gasteiger partial charge in [0.1, 0.15) is 12.4 Å². The molecule has 0 saturated carbocycles. The van der Waals surface area contributed by atoms with Crippen molar-refractivity contribution in [3.63, 3.8) is 0 Å². The Bertz CT molecular complexity index is 1050. The van der Waals surface area contributed by atoms with Gasteiger partial charge in [-0.15, -0.1) is 0 Å². The number of hydrogen-bond donors (Lipinski definition) is 2. The van der Waals surface area contributed by atoms with E-state index in [1.165, 1.54) is 7.11 Å². The van der Waals surface area contributed by atoms with Crippen LogP contribution >= 0.6 is 0 Å². The molecule has 2 N–H and O–H groups in total. The average molecular weight is 423 g/mol. The summed E-state index contributed by atoms with van der Waals surface area (Å²) in [5.74, 6) is 0.605. The number of aryl methyl sites for hydroxylation is 1. The normalized spacial score (nSPS) is 18.3. The van der Waals surface area contributed by atoms with Crippen LogP contribution in [0.4, 0.5) is 0 Å². The minimum atomic E-state index is -0.315. The van der Waals surface area contributed by atoms with Crippen molar-refractivity contribution < 1.29 is 14.3 Å². The number of likely N-dealkylation sites (tertiary alicyclic amines) is 1. The van der Waals surface area contributed by atoms with Crippen LogP contribution < -0.4 is 5.32 Å². The van der Waals surface area contributed by atoms with Gasteiger partial charge in [-0.25, -0.2) is 4.98 Å². The highest BCUT2D eigenvalue weighted by Gasteiger charge is 2.39. The molecule has 1 saturated heterocycles. The number of rotatable bonds is 7. The lowest BCUT2D eigenvalue weighted by Crippen LogP contribution is -2.42. The highest BCUT2D eigenvalue weighted by Crippen LogP contribution is 2.28. The molecular formula is C21H25N7O3. The van der Waals surface area contributed by atoms with Crippen molar-refractivity contribution in [2.24, 2.45) is 0 Å². The predicted molar refractivity (Wildman–Crippen MR) is 112 cm³/mol. The standard InChI is InChI=1S/C21H25N7O3/c1-3-28-10-15(9-22-28)21(30)27-11-16(17(12-27)23-18(29)13-31-2)20-24-19(25-26-20)14-7-5-4-6-8-14/h4-10,16-17H,3,11-13H2,1-2H3,(H,23,29)(H,24,25,26)/t16-,17-/m1/s1. The Balaban J connectivity index is 1.57. The van der Waals surface area contributed by atoms with Gasteiger partial charge in [0.2, 0.25) is 5.91 Å². The highest BCUT2D eigenvalue weighted by molar-refractivity contribution is 5.94. The van der Waals surface area contributed by atoms with Crippen LogP contribution in [-0.4, -0.2) is 74.5 Å². The molecule has 1 fully saturated rings. The van der Waals surface area contributed by atoms with Gasteiger partial charge in [-0.3, -0.25) is 19.4 Å². The summed E-state index contributed by atoms with van der Waals surface area (Å²) in [6, 6.07) is 9.32. The molecule has 10 nitrogen and oxygen atoms in total. The zero-order valence-electron chi connectivity index (χ0n) is 17.5. The molecule has 0 radical (unpaired) electrons. The molecule has 3 aromatic rings. The summed E-state index contributed by atoms with van der Waals surface area (Å²) in [6.07, 6.45) is 3.30. The summed E-state index contributed by atoms with van der Waals surface area (Å²) in [5.41, 5.74) is 1.41. The quantitative estimate of drug-likeness (QED) is 0.587. The van der Waals surface area contributed by atoms with E-state index in [2.05, 4.69) is 25.6 Å². The number of benzene rings is 1. The Morgan fingerprint density at radius 2 is 2.06 bits per heavy atom. The molecule has 2 amide bonds. The lowest BCUT2D eigenvalue weighted by molar-refractivity contribution is -0.125. The predicted octanol–water partition coefficient (Wildman–Crippen LogP) is 1.06. The second kappa shape index (κ2) is 9.09. The number of carbonyl (C=O) groups is 2. The Hall–Kier alpha value is -3.53. The molecule has 0 spiro atoms. The second-order valence-corrected chi connectivity index (χ2v) is 7.42. The lowest BCUT2D eigenvalue weighted by atomic mass is 10.0. The maximum absolute atomic E-state index is 13.0. The fourth-order valence-electron chi connectivity index (χ4n) is 3.76. The summed E-state index contributed by atoms with van der Waals surface area (Å²) < 4.78 is 6.65. The first-order valence-electron chi connectivity index (χ1n) is 10.2. The van der Waals surface area contributed by atoms with Crippen molar-refractivity contribution in [3.8, 4) is 11.4 Å². The summed E-state index contributed by atoms with van der Waals surface area (Å²) >= 11 is 0. The number of H-pyrrole nitrogens is 1. The minimum Gasteiger partial charge on any atom is -0.375 e. The van der Waals surface area contributed by atoms with Crippen molar-refractivity contribution in [2.75, 3.05) is 26.8 Å². The summed E-state index contributed by atoms with van der Waals surface area (Å²) in [4.78, 5) is 31.6. The van der Waals surface area contributed by atoms with Crippen LogP contribution in [0.2, 0.25) is 0 Å². The molecule has 0 bridgehead atoms. The Morgan fingerprint density at radius 1 is 1.26 bits per heavy atom. The molecule has 2 atom stereocenters. The number of aromatic amines is 1. The number of methoxy groups -OCH3 is 1. The number of hydrogen-bond acceptors (Lipinski definition) is 6. The monoisotopic (exact) mass is 423 g/mol. The van der Waals surface area contributed by atoms with Crippen molar-refractivity contribution in [1.82, 2.24) is 35.2 Å².